The van der Waals surface area contributed by atoms with E-state index in [0.29, 0.717) is 31.7 Å². The van der Waals surface area contributed by atoms with Crippen molar-refractivity contribution in [3.05, 3.63) is 35.0 Å². The Hall–Kier alpha value is -4.22. The van der Waals surface area contributed by atoms with Gasteiger partial charge in [0.1, 0.15) is 36.0 Å². The van der Waals surface area contributed by atoms with Gasteiger partial charge in [0.15, 0.2) is 0 Å². The first-order valence-corrected chi connectivity index (χ1v) is 17.4. The summed E-state index contributed by atoms with van der Waals surface area (Å²) in [4.78, 5) is 60.6. The molecule has 3 atom stereocenters. The number of nitrogens with one attached hydrogen (secondary N) is 2. The van der Waals surface area contributed by atoms with Crippen molar-refractivity contribution in [1.29, 1.82) is 5.26 Å². The number of aliphatic hydroxyl groups excluding tert-OH is 1. The molecule has 0 radical (unpaired) electrons. The number of aromatic nitrogens is 1. The number of nitrogens with zero attached hydrogens (tertiary/aromatic N) is 4. The molecule has 14 heteroatoms. The van der Waals surface area contributed by atoms with Crippen molar-refractivity contribution < 1.29 is 33.8 Å². The van der Waals surface area contributed by atoms with Gasteiger partial charge in [-0.3, -0.25) is 14.4 Å². The summed E-state index contributed by atoms with van der Waals surface area (Å²) in [7, 11) is 0. The Morgan fingerprint density at radius 3 is 2.43 bits per heavy atom. The third kappa shape index (κ3) is 9.92. The van der Waals surface area contributed by atoms with E-state index in [9.17, 15) is 24.3 Å². The van der Waals surface area contributed by atoms with Gasteiger partial charge in [-0.15, -0.1) is 11.3 Å². The molecule has 2 fully saturated rings. The van der Waals surface area contributed by atoms with Crippen LogP contribution in [0.15, 0.2) is 23.7 Å². The van der Waals surface area contributed by atoms with Gasteiger partial charge in [-0.05, 0) is 44.7 Å². The van der Waals surface area contributed by atoms with Crippen molar-refractivity contribution in [2.24, 2.45) is 5.41 Å². The summed E-state index contributed by atoms with van der Waals surface area (Å²) in [6.45, 7) is 13.8. The van der Waals surface area contributed by atoms with E-state index >= 15 is 0 Å². The monoisotopic (exact) mass is 696 g/mol. The molecule has 3 N–H and O–H groups in total. The van der Waals surface area contributed by atoms with Crippen LogP contribution >= 0.6 is 11.3 Å². The highest BCUT2D eigenvalue weighted by Crippen LogP contribution is 2.34. The molecule has 2 saturated heterocycles. The smallest absolute Gasteiger partial charge is 0.410 e. The van der Waals surface area contributed by atoms with E-state index < -0.39 is 53.3 Å². The molecule has 4 rings (SSSR count). The van der Waals surface area contributed by atoms with E-state index in [1.54, 1.807) is 37.3 Å². The number of aliphatic hydroxyl groups is 1. The SMILES string of the molecule is Cc1ncsc1-c1ccc(CNC(=O)[C@@H]2C[C@@H](O)CN2C(=O)[C@@H](NC(=O)CC#N)C(C)(C)C)c(OC2CCN(C(=O)OC(C)(C)C)CC2)c1. The fourth-order valence-corrected chi connectivity index (χ4v) is 6.70. The minimum absolute atomic E-state index is 0.0454. The average molecular weight is 697 g/mol. The van der Waals surface area contributed by atoms with Crippen LogP contribution in [0.2, 0.25) is 0 Å². The highest BCUT2D eigenvalue weighted by Gasteiger charge is 2.44. The number of thiazole rings is 1. The molecule has 0 bridgehead atoms. The number of ether oxygens (including phenoxy) is 2. The van der Waals surface area contributed by atoms with Gasteiger partial charge >= 0.3 is 6.09 Å². The molecule has 4 amide bonds. The van der Waals surface area contributed by atoms with E-state index in [0.717, 1.165) is 21.7 Å². The van der Waals surface area contributed by atoms with Crippen LogP contribution in [0.25, 0.3) is 10.4 Å². The number of rotatable bonds is 9. The highest BCUT2D eigenvalue weighted by atomic mass is 32.1. The third-order valence-electron chi connectivity index (χ3n) is 8.44. The number of benzene rings is 1. The van der Waals surface area contributed by atoms with Crippen LogP contribution in [0.5, 0.6) is 5.75 Å². The molecule has 2 aliphatic heterocycles. The lowest BCUT2D eigenvalue weighted by Gasteiger charge is -2.35. The van der Waals surface area contributed by atoms with Gasteiger partial charge in [0.2, 0.25) is 17.7 Å². The zero-order chi connectivity index (χ0) is 36.1. The van der Waals surface area contributed by atoms with Gasteiger partial charge < -0.3 is 35.0 Å². The van der Waals surface area contributed by atoms with Crippen molar-refractivity contribution in [2.45, 2.75) is 111 Å². The first-order chi connectivity index (χ1) is 23.0. The van der Waals surface area contributed by atoms with E-state index in [2.05, 4.69) is 15.6 Å². The Morgan fingerprint density at radius 1 is 1.14 bits per heavy atom. The van der Waals surface area contributed by atoms with Crippen LogP contribution in [0, 0.1) is 23.7 Å². The summed E-state index contributed by atoms with van der Waals surface area (Å²) in [5.74, 6) is -0.938. The number of carbonyl (C=O) groups excluding carboxylic acids is 4. The van der Waals surface area contributed by atoms with Gasteiger partial charge in [0.25, 0.3) is 0 Å². The number of aryl methyl sites for hydroxylation is 1. The molecule has 49 heavy (non-hydrogen) atoms. The second kappa shape index (κ2) is 15.6. The largest absolute Gasteiger partial charge is 0.490 e. The maximum absolute atomic E-state index is 13.7. The Balaban J connectivity index is 1.49. The number of amides is 4. The molecule has 3 heterocycles. The number of hydrogen-bond donors (Lipinski definition) is 3. The topological polar surface area (TPSA) is 174 Å². The number of piperidine rings is 1. The fourth-order valence-electron chi connectivity index (χ4n) is 5.90. The molecular formula is C35H48N6O7S. The molecule has 266 valence electrons. The Bertz CT molecular complexity index is 1560. The summed E-state index contributed by atoms with van der Waals surface area (Å²) in [5, 5.41) is 25.0. The van der Waals surface area contributed by atoms with Crippen LogP contribution in [-0.4, -0.2) is 93.2 Å². The number of likely N-dealkylation sites (tertiary alicyclic amines) is 2. The summed E-state index contributed by atoms with van der Waals surface area (Å²) < 4.78 is 12.1. The summed E-state index contributed by atoms with van der Waals surface area (Å²) in [5.41, 5.74) is 3.03. The van der Waals surface area contributed by atoms with Crippen LogP contribution in [0.1, 0.15) is 78.5 Å². The fraction of sp³-hybridized carbons (Fsp3) is 0.600. The van der Waals surface area contributed by atoms with Crippen molar-refractivity contribution in [2.75, 3.05) is 19.6 Å². The summed E-state index contributed by atoms with van der Waals surface area (Å²) in [6, 6.07) is 5.61. The lowest BCUT2D eigenvalue weighted by Crippen LogP contribution is -2.57. The first kappa shape index (κ1) is 37.6. The average Bonchev–Trinajstić information content (AvgIpc) is 3.63. The molecule has 0 spiro atoms. The number of nitriles is 1. The molecule has 0 aliphatic carbocycles. The molecule has 13 nitrogen and oxygen atoms in total. The third-order valence-corrected chi connectivity index (χ3v) is 9.42. The van der Waals surface area contributed by atoms with E-state index in [-0.39, 0.29) is 31.7 Å². The van der Waals surface area contributed by atoms with Crippen molar-refractivity contribution in [3.8, 4) is 22.3 Å². The normalized spacial score (nSPS) is 19.2. The highest BCUT2D eigenvalue weighted by molar-refractivity contribution is 7.13. The quantitative estimate of drug-likeness (QED) is 0.351. The molecule has 0 saturated carbocycles. The lowest BCUT2D eigenvalue weighted by molar-refractivity contribution is -0.144. The molecule has 2 aliphatic rings. The van der Waals surface area contributed by atoms with Gasteiger partial charge in [-0.1, -0.05) is 32.9 Å². The minimum Gasteiger partial charge on any atom is -0.490 e. The Labute approximate surface area is 292 Å². The van der Waals surface area contributed by atoms with E-state index in [1.165, 1.54) is 16.2 Å². The number of carbonyl (C=O) groups is 4. The van der Waals surface area contributed by atoms with E-state index in [1.807, 2.05) is 45.9 Å². The number of β-amino-alcohol motifs (C(OH)–C–C–N with tert-alkyl or cyclic N) is 1. The van der Waals surface area contributed by atoms with Crippen LogP contribution < -0.4 is 15.4 Å². The van der Waals surface area contributed by atoms with Crippen molar-refractivity contribution in [3.63, 3.8) is 0 Å². The number of hydrogen-bond acceptors (Lipinski definition) is 10. The Morgan fingerprint density at radius 2 is 1.84 bits per heavy atom. The second-order valence-electron chi connectivity index (χ2n) is 14.7. The predicted octanol–water partition coefficient (Wildman–Crippen LogP) is 3.92. The molecule has 1 aromatic carbocycles. The standard InChI is InChI=1S/C35H48N6O7S/c1-21-29(49-20-38-21)22-8-9-23(27(16-22)47-25-11-14-40(15-12-25)33(46)48-35(5,6)7)18-37-31(44)26-17-24(42)19-41(26)32(45)30(34(2,3)4)39-28(43)10-13-36/h8-9,16,20,24-26,30,42H,10-12,14-15,17-19H2,1-7H3,(H,37,44)(H,39,43)/t24-,26+,30-/m1/s1. The molecule has 1 aromatic heterocycles. The zero-order valence-corrected chi connectivity index (χ0v) is 30.2. The van der Waals surface area contributed by atoms with Gasteiger partial charge in [0, 0.05) is 51.0 Å². The van der Waals surface area contributed by atoms with Crippen molar-refractivity contribution in [1.82, 2.24) is 25.4 Å². The summed E-state index contributed by atoms with van der Waals surface area (Å²) in [6.07, 6.45) is -0.584. The van der Waals surface area contributed by atoms with E-state index in [4.69, 9.17) is 14.7 Å². The van der Waals surface area contributed by atoms with Gasteiger partial charge in [-0.2, -0.15) is 5.26 Å². The summed E-state index contributed by atoms with van der Waals surface area (Å²) >= 11 is 1.52. The van der Waals surface area contributed by atoms with Crippen LogP contribution in [0.4, 0.5) is 4.79 Å². The predicted molar refractivity (Wildman–Crippen MR) is 183 cm³/mol. The minimum atomic E-state index is -1.00. The maximum Gasteiger partial charge on any atom is 0.410 e. The van der Waals surface area contributed by atoms with Gasteiger partial charge in [-0.25, -0.2) is 9.78 Å². The maximum atomic E-state index is 13.7. The molecule has 0 unspecified atom stereocenters. The first-order valence-electron chi connectivity index (χ1n) is 16.6. The van der Waals surface area contributed by atoms with Crippen LogP contribution in [0.3, 0.4) is 0 Å². The Kier molecular flexibility index (Phi) is 11.9. The molecule has 2 aromatic rings. The lowest BCUT2D eigenvalue weighted by atomic mass is 9.85. The van der Waals surface area contributed by atoms with Crippen LogP contribution in [-0.2, 0) is 25.7 Å². The van der Waals surface area contributed by atoms with Gasteiger partial charge in [0.05, 0.1) is 28.3 Å². The molecular weight excluding hydrogens is 648 g/mol. The zero-order valence-electron chi connectivity index (χ0n) is 29.4. The second-order valence-corrected chi connectivity index (χ2v) is 15.5. The van der Waals surface area contributed by atoms with Crippen molar-refractivity contribution >= 4 is 35.2 Å².